The van der Waals surface area contributed by atoms with Gasteiger partial charge in [-0.1, -0.05) is 0 Å². The zero-order chi connectivity index (χ0) is 24.6. The van der Waals surface area contributed by atoms with Crippen molar-refractivity contribution >= 4 is 27.6 Å². The van der Waals surface area contributed by atoms with Crippen LogP contribution in [0, 0.1) is 0 Å². The minimum atomic E-state index is -3.99. The average Bonchev–Trinajstić information content (AvgIpc) is 2.81. The maximum absolute atomic E-state index is 12.4. The van der Waals surface area contributed by atoms with E-state index in [1.807, 2.05) is 0 Å². The molecule has 0 fully saturated rings. The van der Waals surface area contributed by atoms with Crippen LogP contribution in [0.15, 0.2) is 41.3 Å². The fourth-order valence-corrected chi connectivity index (χ4v) is 3.91. The molecule has 0 radical (unpaired) electrons. The van der Waals surface area contributed by atoms with Crippen LogP contribution in [0.5, 0.6) is 23.0 Å². The van der Waals surface area contributed by atoms with Gasteiger partial charge in [0.2, 0.25) is 15.8 Å². The number of rotatable bonds is 11. The molecule has 0 heterocycles. The standard InChI is InChI=1S/C21H26N2O9S/c1-13(23-33(26,27)16-8-6-15(28-2)7-9-16)21(25)32-12-19(24)22-14-10-17(29-3)20(31-5)18(11-14)30-4/h6-11,13,23H,12H2,1-5H3,(H,22,24). The number of methoxy groups -OCH3 is 4. The minimum absolute atomic E-state index is 0.0527. The Hall–Kier alpha value is -3.51. The van der Waals surface area contributed by atoms with Crippen LogP contribution in [-0.2, 0) is 24.3 Å². The average molecular weight is 483 g/mol. The molecular formula is C21H26N2O9S. The lowest BCUT2D eigenvalue weighted by Crippen LogP contribution is -2.40. The minimum Gasteiger partial charge on any atom is -0.497 e. The van der Waals surface area contributed by atoms with Gasteiger partial charge in [0.05, 0.1) is 33.3 Å². The summed E-state index contributed by atoms with van der Waals surface area (Å²) in [7, 11) is 1.78. The predicted molar refractivity (Wildman–Crippen MR) is 118 cm³/mol. The molecule has 2 N–H and O–H groups in total. The second kappa shape index (κ2) is 11.4. The smallest absolute Gasteiger partial charge is 0.324 e. The van der Waals surface area contributed by atoms with E-state index in [1.165, 1.54) is 71.8 Å². The van der Waals surface area contributed by atoms with Gasteiger partial charge in [-0.3, -0.25) is 9.59 Å². The highest BCUT2D eigenvalue weighted by Gasteiger charge is 2.24. The van der Waals surface area contributed by atoms with Crippen molar-refractivity contribution in [2.75, 3.05) is 40.4 Å². The van der Waals surface area contributed by atoms with Crippen molar-refractivity contribution in [1.29, 1.82) is 0 Å². The van der Waals surface area contributed by atoms with E-state index in [0.717, 1.165) is 0 Å². The first-order valence-electron chi connectivity index (χ1n) is 9.58. The first-order chi connectivity index (χ1) is 15.6. The number of nitrogens with one attached hydrogen (secondary N) is 2. The van der Waals surface area contributed by atoms with Gasteiger partial charge in [-0.25, -0.2) is 8.42 Å². The van der Waals surface area contributed by atoms with E-state index in [2.05, 4.69) is 10.0 Å². The summed E-state index contributed by atoms with van der Waals surface area (Å²) >= 11 is 0. The SMILES string of the molecule is COc1ccc(S(=O)(=O)NC(C)C(=O)OCC(=O)Nc2cc(OC)c(OC)c(OC)c2)cc1. The maximum Gasteiger partial charge on any atom is 0.324 e. The Balaban J connectivity index is 1.96. The monoisotopic (exact) mass is 482 g/mol. The van der Waals surface area contributed by atoms with Gasteiger partial charge >= 0.3 is 5.97 Å². The quantitative estimate of drug-likeness (QED) is 0.457. The second-order valence-electron chi connectivity index (χ2n) is 6.59. The van der Waals surface area contributed by atoms with Gasteiger partial charge in [0.15, 0.2) is 18.1 Å². The van der Waals surface area contributed by atoms with E-state index < -0.39 is 34.5 Å². The Labute approximate surface area is 192 Å². The first kappa shape index (κ1) is 25.7. The highest BCUT2D eigenvalue weighted by molar-refractivity contribution is 7.89. The van der Waals surface area contributed by atoms with Gasteiger partial charge in [0.1, 0.15) is 11.8 Å². The van der Waals surface area contributed by atoms with Crippen LogP contribution in [0.25, 0.3) is 0 Å². The van der Waals surface area contributed by atoms with Crippen LogP contribution >= 0.6 is 0 Å². The molecule has 0 aliphatic heterocycles. The summed E-state index contributed by atoms with van der Waals surface area (Å²) in [4.78, 5) is 24.3. The van der Waals surface area contributed by atoms with E-state index in [0.29, 0.717) is 28.7 Å². The Morgan fingerprint density at radius 1 is 0.909 bits per heavy atom. The Bertz CT molecular complexity index is 1060. The predicted octanol–water partition coefficient (Wildman–Crippen LogP) is 1.57. The molecule has 180 valence electrons. The number of hydrogen-bond donors (Lipinski definition) is 2. The van der Waals surface area contributed by atoms with Crippen molar-refractivity contribution in [2.45, 2.75) is 17.9 Å². The van der Waals surface area contributed by atoms with Crippen LogP contribution in [-0.4, -0.2) is 61.4 Å². The molecule has 0 aliphatic rings. The molecule has 2 aromatic carbocycles. The van der Waals surface area contributed by atoms with Gasteiger partial charge in [-0.05, 0) is 31.2 Å². The van der Waals surface area contributed by atoms with Crippen molar-refractivity contribution in [3.05, 3.63) is 36.4 Å². The Kier molecular flexibility index (Phi) is 8.88. The molecule has 2 aromatic rings. The van der Waals surface area contributed by atoms with E-state index in [1.54, 1.807) is 0 Å². The zero-order valence-electron chi connectivity index (χ0n) is 18.8. The molecule has 0 aromatic heterocycles. The number of carbonyl (C=O) groups is 2. The molecule has 12 heteroatoms. The third kappa shape index (κ3) is 6.73. The molecule has 2 rings (SSSR count). The van der Waals surface area contributed by atoms with E-state index in [-0.39, 0.29) is 4.90 Å². The topological polar surface area (TPSA) is 138 Å². The molecule has 0 aliphatic carbocycles. The largest absolute Gasteiger partial charge is 0.497 e. The van der Waals surface area contributed by atoms with E-state index in [4.69, 9.17) is 23.7 Å². The van der Waals surface area contributed by atoms with Crippen molar-refractivity contribution in [1.82, 2.24) is 4.72 Å². The number of ether oxygens (including phenoxy) is 5. The highest BCUT2D eigenvalue weighted by Crippen LogP contribution is 2.39. The third-order valence-electron chi connectivity index (χ3n) is 4.35. The summed E-state index contributed by atoms with van der Waals surface area (Å²) in [6.45, 7) is 0.671. The van der Waals surface area contributed by atoms with Crippen LogP contribution in [0.3, 0.4) is 0 Å². The summed E-state index contributed by atoms with van der Waals surface area (Å²) in [6.07, 6.45) is 0. The zero-order valence-corrected chi connectivity index (χ0v) is 19.6. The maximum atomic E-state index is 12.4. The summed E-state index contributed by atoms with van der Waals surface area (Å²) < 4.78 is 52.6. The summed E-state index contributed by atoms with van der Waals surface area (Å²) in [5, 5.41) is 2.54. The Morgan fingerprint density at radius 3 is 1.97 bits per heavy atom. The van der Waals surface area contributed by atoms with E-state index >= 15 is 0 Å². The number of hydrogen-bond acceptors (Lipinski definition) is 9. The molecule has 0 saturated heterocycles. The molecule has 0 bridgehead atoms. The fraction of sp³-hybridized carbons (Fsp3) is 0.333. The van der Waals surface area contributed by atoms with Crippen LogP contribution in [0.4, 0.5) is 5.69 Å². The number of carbonyl (C=O) groups excluding carboxylic acids is 2. The van der Waals surface area contributed by atoms with Crippen LogP contribution in [0.2, 0.25) is 0 Å². The molecule has 1 amide bonds. The highest BCUT2D eigenvalue weighted by atomic mass is 32.2. The molecule has 0 saturated carbocycles. The molecule has 1 unspecified atom stereocenters. The molecule has 33 heavy (non-hydrogen) atoms. The van der Waals surface area contributed by atoms with Crippen molar-refractivity contribution in [3.8, 4) is 23.0 Å². The van der Waals surface area contributed by atoms with E-state index in [9.17, 15) is 18.0 Å². The lowest BCUT2D eigenvalue weighted by molar-refractivity contribution is -0.148. The summed E-state index contributed by atoms with van der Waals surface area (Å²) in [5.74, 6) is -0.0895. The Morgan fingerprint density at radius 2 is 1.48 bits per heavy atom. The van der Waals surface area contributed by atoms with Crippen LogP contribution in [0.1, 0.15) is 6.92 Å². The van der Waals surface area contributed by atoms with Crippen LogP contribution < -0.4 is 29.0 Å². The van der Waals surface area contributed by atoms with Gasteiger partial charge in [-0.15, -0.1) is 0 Å². The molecule has 1 atom stereocenters. The molecule has 11 nitrogen and oxygen atoms in total. The lowest BCUT2D eigenvalue weighted by Gasteiger charge is -2.15. The molecule has 0 spiro atoms. The first-order valence-corrected chi connectivity index (χ1v) is 11.1. The number of esters is 1. The number of sulfonamides is 1. The summed E-state index contributed by atoms with van der Waals surface area (Å²) in [5.41, 5.74) is 0.318. The van der Waals surface area contributed by atoms with Crippen molar-refractivity contribution < 1.29 is 41.7 Å². The fourth-order valence-electron chi connectivity index (χ4n) is 2.72. The molecular weight excluding hydrogens is 456 g/mol. The second-order valence-corrected chi connectivity index (χ2v) is 8.30. The van der Waals surface area contributed by atoms with Crippen molar-refractivity contribution in [3.63, 3.8) is 0 Å². The normalized spacial score (nSPS) is 11.8. The lowest BCUT2D eigenvalue weighted by atomic mass is 10.2. The number of benzene rings is 2. The van der Waals surface area contributed by atoms with Crippen molar-refractivity contribution in [2.24, 2.45) is 0 Å². The van der Waals surface area contributed by atoms with Gasteiger partial charge in [-0.2, -0.15) is 4.72 Å². The summed E-state index contributed by atoms with van der Waals surface area (Å²) in [6, 6.07) is 7.41. The van der Waals surface area contributed by atoms with Gasteiger partial charge < -0.3 is 29.0 Å². The van der Waals surface area contributed by atoms with Gasteiger partial charge in [0, 0.05) is 17.8 Å². The number of anilines is 1. The van der Waals surface area contributed by atoms with Gasteiger partial charge in [0.25, 0.3) is 5.91 Å². The number of amides is 1. The third-order valence-corrected chi connectivity index (χ3v) is 5.91.